The molecule has 1 aromatic heterocycles. The SMILES string of the molecule is NCc1[nH]ncc1-c1ccccc1Cl. The van der Waals surface area contributed by atoms with Crippen LogP contribution < -0.4 is 5.73 Å². The zero-order valence-corrected chi connectivity index (χ0v) is 8.25. The largest absolute Gasteiger partial charge is 0.325 e. The Morgan fingerprint density at radius 2 is 2.07 bits per heavy atom. The fraction of sp³-hybridized carbons (Fsp3) is 0.100. The van der Waals surface area contributed by atoms with Gasteiger partial charge in [-0.25, -0.2) is 0 Å². The van der Waals surface area contributed by atoms with Gasteiger partial charge in [-0.15, -0.1) is 0 Å². The van der Waals surface area contributed by atoms with Crippen LogP contribution in [0.3, 0.4) is 0 Å². The van der Waals surface area contributed by atoms with Crippen LogP contribution in [0.15, 0.2) is 30.5 Å². The highest BCUT2D eigenvalue weighted by Crippen LogP contribution is 2.28. The van der Waals surface area contributed by atoms with Crippen molar-refractivity contribution in [2.45, 2.75) is 6.54 Å². The van der Waals surface area contributed by atoms with Crippen molar-refractivity contribution >= 4 is 11.6 Å². The predicted octanol–water partition coefficient (Wildman–Crippen LogP) is 2.19. The van der Waals surface area contributed by atoms with E-state index < -0.39 is 0 Å². The second-order valence-electron chi connectivity index (χ2n) is 2.95. The molecular formula is C10H10ClN3. The molecule has 2 rings (SSSR count). The van der Waals surface area contributed by atoms with E-state index >= 15 is 0 Å². The minimum Gasteiger partial charge on any atom is -0.325 e. The molecule has 3 N–H and O–H groups in total. The molecule has 1 aromatic carbocycles. The van der Waals surface area contributed by atoms with Crippen molar-refractivity contribution in [3.05, 3.63) is 41.2 Å². The smallest absolute Gasteiger partial charge is 0.0569 e. The summed E-state index contributed by atoms with van der Waals surface area (Å²) >= 11 is 6.06. The van der Waals surface area contributed by atoms with Crippen molar-refractivity contribution in [3.8, 4) is 11.1 Å². The Bertz CT molecular complexity index is 436. The lowest BCUT2D eigenvalue weighted by atomic mass is 10.1. The Morgan fingerprint density at radius 1 is 1.29 bits per heavy atom. The summed E-state index contributed by atoms with van der Waals surface area (Å²) in [4.78, 5) is 0. The third-order valence-corrected chi connectivity index (χ3v) is 2.42. The van der Waals surface area contributed by atoms with Crippen molar-refractivity contribution in [2.75, 3.05) is 0 Å². The number of benzene rings is 1. The Hall–Kier alpha value is -1.32. The van der Waals surface area contributed by atoms with Crippen LogP contribution in [0.5, 0.6) is 0 Å². The van der Waals surface area contributed by atoms with Gasteiger partial charge in [-0.05, 0) is 6.07 Å². The Balaban J connectivity index is 2.54. The molecule has 0 spiro atoms. The summed E-state index contributed by atoms with van der Waals surface area (Å²) in [5, 5.41) is 7.51. The number of halogens is 1. The van der Waals surface area contributed by atoms with Gasteiger partial charge in [0, 0.05) is 22.7 Å². The van der Waals surface area contributed by atoms with E-state index in [1.165, 1.54) is 0 Å². The van der Waals surface area contributed by atoms with Gasteiger partial charge in [0.1, 0.15) is 0 Å². The molecule has 14 heavy (non-hydrogen) atoms. The summed E-state index contributed by atoms with van der Waals surface area (Å²) in [6.45, 7) is 0.431. The first kappa shape index (κ1) is 9.24. The molecule has 3 nitrogen and oxygen atoms in total. The van der Waals surface area contributed by atoms with Crippen LogP contribution in [0.4, 0.5) is 0 Å². The highest BCUT2D eigenvalue weighted by Gasteiger charge is 2.08. The first-order chi connectivity index (χ1) is 6.83. The van der Waals surface area contributed by atoms with Gasteiger partial charge in [-0.2, -0.15) is 5.10 Å². The summed E-state index contributed by atoms with van der Waals surface area (Å²) in [7, 11) is 0. The van der Waals surface area contributed by atoms with E-state index in [2.05, 4.69) is 10.2 Å². The second-order valence-corrected chi connectivity index (χ2v) is 3.35. The maximum Gasteiger partial charge on any atom is 0.0569 e. The van der Waals surface area contributed by atoms with E-state index in [4.69, 9.17) is 17.3 Å². The predicted molar refractivity (Wildman–Crippen MR) is 56.9 cm³/mol. The number of nitrogens with two attached hydrogens (primary N) is 1. The van der Waals surface area contributed by atoms with Crippen LogP contribution in [-0.2, 0) is 6.54 Å². The molecule has 72 valence electrons. The first-order valence-corrected chi connectivity index (χ1v) is 4.68. The lowest BCUT2D eigenvalue weighted by molar-refractivity contribution is 0.948. The fourth-order valence-electron chi connectivity index (χ4n) is 1.38. The van der Waals surface area contributed by atoms with Crippen LogP contribution in [0.25, 0.3) is 11.1 Å². The van der Waals surface area contributed by atoms with Crippen LogP contribution in [0.1, 0.15) is 5.69 Å². The van der Waals surface area contributed by atoms with Crippen LogP contribution in [0.2, 0.25) is 5.02 Å². The molecule has 0 aliphatic rings. The van der Waals surface area contributed by atoms with Crippen molar-refractivity contribution < 1.29 is 0 Å². The maximum atomic E-state index is 6.06. The van der Waals surface area contributed by atoms with Gasteiger partial charge in [-0.3, -0.25) is 5.10 Å². The summed E-state index contributed by atoms with van der Waals surface area (Å²) in [6, 6.07) is 7.64. The second kappa shape index (κ2) is 3.82. The van der Waals surface area contributed by atoms with E-state index in [1.807, 2.05) is 24.3 Å². The third kappa shape index (κ3) is 1.52. The monoisotopic (exact) mass is 207 g/mol. The molecule has 2 aromatic rings. The number of nitrogens with zero attached hydrogens (tertiary/aromatic N) is 1. The summed E-state index contributed by atoms with van der Waals surface area (Å²) in [5.41, 5.74) is 8.40. The number of rotatable bonds is 2. The van der Waals surface area contributed by atoms with E-state index in [9.17, 15) is 0 Å². The van der Waals surface area contributed by atoms with Gasteiger partial charge in [0.05, 0.1) is 11.9 Å². The van der Waals surface area contributed by atoms with Crippen LogP contribution >= 0.6 is 11.6 Å². The quantitative estimate of drug-likeness (QED) is 0.793. The van der Waals surface area contributed by atoms with Crippen molar-refractivity contribution in [2.24, 2.45) is 5.73 Å². The molecule has 0 saturated heterocycles. The van der Waals surface area contributed by atoms with E-state index in [0.717, 1.165) is 16.8 Å². The zero-order chi connectivity index (χ0) is 9.97. The Morgan fingerprint density at radius 3 is 2.79 bits per heavy atom. The molecular weight excluding hydrogens is 198 g/mol. The van der Waals surface area contributed by atoms with Gasteiger partial charge in [0.25, 0.3) is 0 Å². The molecule has 4 heteroatoms. The molecule has 0 aliphatic heterocycles. The molecule has 1 heterocycles. The van der Waals surface area contributed by atoms with Gasteiger partial charge < -0.3 is 5.73 Å². The number of hydrogen-bond donors (Lipinski definition) is 2. The number of hydrogen-bond acceptors (Lipinski definition) is 2. The molecule has 0 fully saturated rings. The standard InChI is InChI=1S/C10H10ClN3/c11-9-4-2-1-3-7(9)8-6-13-14-10(8)5-12/h1-4,6H,5,12H2,(H,13,14). The van der Waals surface area contributed by atoms with E-state index in [0.29, 0.717) is 11.6 Å². The lowest BCUT2D eigenvalue weighted by Gasteiger charge is -2.02. The highest BCUT2D eigenvalue weighted by molar-refractivity contribution is 6.33. The minimum atomic E-state index is 0.431. The number of H-pyrrole nitrogens is 1. The van der Waals surface area contributed by atoms with Gasteiger partial charge >= 0.3 is 0 Å². The molecule has 0 atom stereocenters. The van der Waals surface area contributed by atoms with Crippen molar-refractivity contribution in [1.29, 1.82) is 0 Å². The molecule has 0 bridgehead atoms. The molecule has 0 unspecified atom stereocenters. The zero-order valence-electron chi connectivity index (χ0n) is 7.50. The third-order valence-electron chi connectivity index (χ3n) is 2.09. The Kier molecular flexibility index (Phi) is 2.52. The highest BCUT2D eigenvalue weighted by atomic mass is 35.5. The number of nitrogens with one attached hydrogen (secondary N) is 1. The van der Waals surface area contributed by atoms with Crippen LogP contribution in [0, 0.1) is 0 Å². The van der Waals surface area contributed by atoms with Crippen LogP contribution in [-0.4, -0.2) is 10.2 Å². The topological polar surface area (TPSA) is 54.7 Å². The van der Waals surface area contributed by atoms with Gasteiger partial charge in [0.15, 0.2) is 0 Å². The molecule has 0 aliphatic carbocycles. The maximum absolute atomic E-state index is 6.06. The lowest BCUT2D eigenvalue weighted by Crippen LogP contribution is -1.98. The normalized spacial score (nSPS) is 10.4. The van der Waals surface area contributed by atoms with Gasteiger partial charge in [0.2, 0.25) is 0 Å². The van der Waals surface area contributed by atoms with E-state index in [-0.39, 0.29) is 0 Å². The molecule has 0 amide bonds. The van der Waals surface area contributed by atoms with Crippen molar-refractivity contribution in [1.82, 2.24) is 10.2 Å². The first-order valence-electron chi connectivity index (χ1n) is 4.30. The average molecular weight is 208 g/mol. The fourth-order valence-corrected chi connectivity index (χ4v) is 1.62. The Labute approximate surface area is 86.9 Å². The minimum absolute atomic E-state index is 0.431. The molecule has 0 saturated carbocycles. The summed E-state index contributed by atoms with van der Waals surface area (Å²) < 4.78 is 0. The summed E-state index contributed by atoms with van der Waals surface area (Å²) in [5.74, 6) is 0. The van der Waals surface area contributed by atoms with Gasteiger partial charge in [-0.1, -0.05) is 29.8 Å². The van der Waals surface area contributed by atoms with E-state index in [1.54, 1.807) is 6.20 Å². The number of aromatic nitrogens is 2. The average Bonchev–Trinajstić information content (AvgIpc) is 2.66. The summed E-state index contributed by atoms with van der Waals surface area (Å²) in [6.07, 6.45) is 1.74. The number of aromatic amines is 1. The van der Waals surface area contributed by atoms with Crippen molar-refractivity contribution in [3.63, 3.8) is 0 Å². The molecule has 0 radical (unpaired) electrons.